The Balaban J connectivity index is 2.26. The Morgan fingerprint density at radius 1 is 0.967 bits per heavy atom. The molecule has 8 N–H and O–H groups in total. The molecule has 176 valence electrons. The van der Waals surface area contributed by atoms with Gasteiger partial charge in [-0.25, -0.2) is 13.1 Å². The number of carbonyl (C=O) groups is 1. The van der Waals surface area contributed by atoms with Crippen LogP contribution in [-0.2, 0) is 29.0 Å². The lowest BCUT2D eigenvalue weighted by Gasteiger charge is -2.47. The van der Waals surface area contributed by atoms with Crippen LogP contribution in [0.5, 0.6) is 0 Å². The smallest absolute Gasteiger partial charge is 0.217 e. The number of hydrogen-bond donors (Lipinski definition) is 8. The van der Waals surface area contributed by atoms with E-state index in [0.29, 0.717) is 0 Å². The highest BCUT2D eigenvalue weighted by Gasteiger charge is 2.51. The van der Waals surface area contributed by atoms with Gasteiger partial charge >= 0.3 is 0 Å². The molecule has 0 saturated carbocycles. The predicted molar refractivity (Wildman–Crippen MR) is 96.0 cm³/mol. The molecule has 0 bridgehead atoms. The van der Waals surface area contributed by atoms with Crippen LogP contribution >= 0.6 is 0 Å². The van der Waals surface area contributed by atoms with E-state index in [0.717, 1.165) is 13.2 Å². The zero-order chi connectivity index (χ0) is 22.8. The monoisotopic (exact) mass is 460 g/mol. The van der Waals surface area contributed by atoms with E-state index in [-0.39, 0.29) is 0 Å². The third-order valence-electron chi connectivity index (χ3n) is 4.77. The minimum absolute atomic E-state index is 0.599. The summed E-state index contributed by atoms with van der Waals surface area (Å²) in [6.07, 6.45) is -11.7. The molecule has 2 aliphatic heterocycles. The minimum atomic E-state index is -3.89. The average Bonchev–Trinajstić information content (AvgIpc) is 2.65. The molecule has 0 aromatic rings. The molecular formula is C15H28N2O12S. The number of rotatable bonds is 7. The van der Waals surface area contributed by atoms with Gasteiger partial charge in [-0.3, -0.25) is 4.79 Å². The van der Waals surface area contributed by atoms with Crippen LogP contribution in [0.2, 0.25) is 0 Å². The number of carbonyl (C=O) groups excluding carboxylic acids is 1. The summed E-state index contributed by atoms with van der Waals surface area (Å²) in [4.78, 5) is 11.3. The lowest BCUT2D eigenvalue weighted by atomic mass is 9.95. The molecule has 0 aliphatic carbocycles. The Kier molecular flexibility index (Phi) is 8.51. The fraction of sp³-hybridized carbons (Fsp3) is 0.933. The molecule has 0 radical (unpaired) electrons. The second kappa shape index (κ2) is 10.1. The first-order valence-corrected chi connectivity index (χ1v) is 10.9. The van der Waals surface area contributed by atoms with Crippen molar-refractivity contribution in [1.29, 1.82) is 0 Å². The summed E-state index contributed by atoms with van der Waals surface area (Å²) in [5.74, 6) is -0.599. The van der Waals surface area contributed by atoms with E-state index in [1.54, 1.807) is 0 Å². The molecule has 0 spiro atoms. The molecule has 2 rings (SSSR count). The molecule has 1 amide bonds. The maximum absolute atomic E-state index is 11.6. The second-order valence-corrected chi connectivity index (χ2v) is 8.97. The van der Waals surface area contributed by atoms with Gasteiger partial charge < -0.3 is 50.2 Å². The van der Waals surface area contributed by atoms with Crippen molar-refractivity contribution in [3.63, 3.8) is 0 Å². The molecule has 0 aromatic carbocycles. The van der Waals surface area contributed by atoms with Crippen molar-refractivity contribution in [3.8, 4) is 0 Å². The topological polar surface area (TPSA) is 224 Å². The Morgan fingerprint density at radius 3 is 2.07 bits per heavy atom. The van der Waals surface area contributed by atoms with E-state index in [2.05, 4.69) is 5.32 Å². The van der Waals surface area contributed by atoms with Gasteiger partial charge in [-0.05, 0) is 0 Å². The molecule has 2 aliphatic rings. The molecule has 0 aromatic heterocycles. The largest absolute Gasteiger partial charge is 0.394 e. The van der Waals surface area contributed by atoms with Crippen molar-refractivity contribution in [2.45, 2.75) is 68.2 Å². The van der Waals surface area contributed by atoms with Gasteiger partial charge in [0.2, 0.25) is 15.9 Å². The molecule has 15 heteroatoms. The van der Waals surface area contributed by atoms with Crippen molar-refractivity contribution >= 4 is 15.9 Å². The Hall–Kier alpha value is -0.980. The zero-order valence-electron chi connectivity index (χ0n) is 16.2. The maximum atomic E-state index is 11.6. The summed E-state index contributed by atoms with van der Waals surface area (Å²) in [6, 6.07) is -2.87. The highest BCUT2D eigenvalue weighted by molar-refractivity contribution is 7.88. The van der Waals surface area contributed by atoms with Crippen LogP contribution in [-0.4, -0.2) is 126 Å². The number of sulfonamides is 1. The fourth-order valence-electron chi connectivity index (χ4n) is 3.38. The van der Waals surface area contributed by atoms with Crippen molar-refractivity contribution in [1.82, 2.24) is 10.0 Å². The predicted octanol–water partition coefficient (Wildman–Crippen LogP) is -5.70. The first-order chi connectivity index (χ1) is 13.9. The first-order valence-electron chi connectivity index (χ1n) is 9.04. The standard InChI is InChI=1S/C15H28N2O12S/c1-5(20)16-9-11(22)13(7(4-19)27-14(9)24)29-15-12(23)8(17-30(2,25)26)10(21)6(3-18)28-15/h6-15,17-19,21-24H,3-4H2,1-2H3,(H,16,20)/t6-,7-,8-,9+,10+,11-,12-,13-,14+,15+/m1/s1. The van der Waals surface area contributed by atoms with E-state index < -0.39 is 90.4 Å². The number of hydrogen-bond acceptors (Lipinski definition) is 12. The summed E-state index contributed by atoms with van der Waals surface area (Å²) in [7, 11) is -3.89. The third-order valence-corrected chi connectivity index (χ3v) is 5.47. The number of nitrogens with one attached hydrogen (secondary N) is 2. The van der Waals surface area contributed by atoms with E-state index in [1.807, 2.05) is 4.72 Å². The number of ether oxygens (including phenoxy) is 3. The van der Waals surface area contributed by atoms with Crippen LogP contribution in [0.15, 0.2) is 0 Å². The van der Waals surface area contributed by atoms with Crippen LogP contribution in [0.3, 0.4) is 0 Å². The van der Waals surface area contributed by atoms with Gasteiger partial charge in [-0.15, -0.1) is 0 Å². The molecule has 0 unspecified atom stereocenters. The summed E-state index contributed by atoms with van der Waals surface area (Å²) >= 11 is 0. The van der Waals surface area contributed by atoms with Crippen LogP contribution in [0.4, 0.5) is 0 Å². The molecular weight excluding hydrogens is 432 g/mol. The van der Waals surface area contributed by atoms with Crippen LogP contribution in [0.25, 0.3) is 0 Å². The number of amides is 1. The molecule has 14 nitrogen and oxygen atoms in total. The van der Waals surface area contributed by atoms with E-state index in [1.165, 1.54) is 0 Å². The lowest BCUT2D eigenvalue weighted by Crippen LogP contribution is -2.68. The highest BCUT2D eigenvalue weighted by Crippen LogP contribution is 2.28. The third kappa shape index (κ3) is 5.83. The van der Waals surface area contributed by atoms with Gasteiger partial charge in [0.15, 0.2) is 12.6 Å². The fourth-order valence-corrected chi connectivity index (χ4v) is 4.15. The molecule has 10 atom stereocenters. The summed E-state index contributed by atoms with van der Waals surface area (Å²) in [5.41, 5.74) is 0. The SMILES string of the molecule is CC(=O)N[C@H]1[C@@H](O)[C@H](O[C@@H]2O[C@H](CO)[C@H](O)[C@@H](NS(C)(=O)=O)[C@H]2O)[C@@H](CO)O[C@@H]1O. The summed E-state index contributed by atoms with van der Waals surface area (Å²) < 4.78 is 41.1. The Bertz CT molecular complexity index is 693. The minimum Gasteiger partial charge on any atom is -0.394 e. The normalized spacial score (nSPS) is 42.7. The molecule has 2 saturated heterocycles. The van der Waals surface area contributed by atoms with Gasteiger partial charge in [0.05, 0.1) is 25.5 Å². The molecule has 30 heavy (non-hydrogen) atoms. The lowest BCUT2D eigenvalue weighted by molar-refractivity contribution is -0.334. The quantitative estimate of drug-likeness (QED) is 0.178. The maximum Gasteiger partial charge on any atom is 0.217 e. The molecule has 2 heterocycles. The number of aliphatic hydroxyl groups excluding tert-OH is 6. The summed E-state index contributed by atoms with van der Waals surface area (Å²) in [6.45, 7) is -0.350. The zero-order valence-corrected chi connectivity index (χ0v) is 17.0. The van der Waals surface area contributed by atoms with E-state index >= 15 is 0 Å². The highest BCUT2D eigenvalue weighted by atomic mass is 32.2. The average molecular weight is 460 g/mol. The van der Waals surface area contributed by atoms with Crippen molar-refractivity contribution in [2.24, 2.45) is 0 Å². The van der Waals surface area contributed by atoms with Gasteiger partial charge in [0, 0.05) is 6.92 Å². The number of aliphatic hydroxyl groups is 6. The van der Waals surface area contributed by atoms with Gasteiger partial charge in [-0.2, -0.15) is 0 Å². The van der Waals surface area contributed by atoms with Crippen LogP contribution < -0.4 is 10.0 Å². The van der Waals surface area contributed by atoms with Gasteiger partial charge in [0.1, 0.15) is 42.7 Å². The Labute approximate surface area is 172 Å². The van der Waals surface area contributed by atoms with Crippen molar-refractivity contribution in [3.05, 3.63) is 0 Å². The van der Waals surface area contributed by atoms with Crippen LogP contribution in [0, 0.1) is 0 Å². The Morgan fingerprint density at radius 2 is 1.57 bits per heavy atom. The van der Waals surface area contributed by atoms with Gasteiger partial charge in [0.25, 0.3) is 0 Å². The second-order valence-electron chi connectivity index (χ2n) is 7.19. The molecule has 2 fully saturated rings. The van der Waals surface area contributed by atoms with Crippen molar-refractivity contribution in [2.75, 3.05) is 19.5 Å². The first kappa shape index (κ1) is 25.3. The van der Waals surface area contributed by atoms with E-state index in [4.69, 9.17) is 14.2 Å². The van der Waals surface area contributed by atoms with Gasteiger partial charge in [-0.1, -0.05) is 0 Å². The summed E-state index contributed by atoms with van der Waals surface area (Å²) in [5, 5.41) is 62.4. The van der Waals surface area contributed by atoms with Crippen LogP contribution in [0.1, 0.15) is 6.92 Å². The van der Waals surface area contributed by atoms with E-state index in [9.17, 15) is 43.9 Å². The van der Waals surface area contributed by atoms with Crippen molar-refractivity contribution < 1.29 is 58.1 Å².